The highest BCUT2D eigenvalue weighted by atomic mass is 16.5. The smallest absolute Gasteiger partial charge is 0.339 e. The number of aromatic carboxylic acids is 1. The highest BCUT2D eigenvalue weighted by Crippen LogP contribution is 2.26. The summed E-state index contributed by atoms with van der Waals surface area (Å²) in [5, 5.41) is 12.9. The molecule has 0 radical (unpaired) electrons. The van der Waals surface area contributed by atoms with Crippen molar-refractivity contribution in [2.45, 2.75) is 26.9 Å². The van der Waals surface area contributed by atoms with E-state index < -0.39 is 5.97 Å². The first-order valence-corrected chi connectivity index (χ1v) is 6.65. The van der Waals surface area contributed by atoms with Crippen LogP contribution in [0.3, 0.4) is 0 Å². The minimum absolute atomic E-state index is 0.0788. The van der Waals surface area contributed by atoms with Crippen molar-refractivity contribution in [1.82, 2.24) is 5.16 Å². The van der Waals surface area contributed by atoms with Gasteiger partial charge in [0, 0.05) is 12.1 Å². The summed E-state index contributed by atoms with van der Waals surface area (Å²) in [6, 6.07) is 6.39. The third-order valence-corrected chi connectivity index (χ3v) is 2.70. The lowest BCUT2D eigenvalue weighted by Gasteiger charge is -2.10. The Morgan fingerprint density at radius 3 is 2.76 bits per heavy atom. The van der Waals surface area contributed by atoms with Crippen LogP contribution in [-0.2, 0) is 6.61 Å². The van der Waals surface area contributed by atoms with Gasteiger partial charge in [0.15, 0.2) is 5.76 Å². The number of benzene rings is 1. The van der Waals surface area contributed by atoms with E-state index in [0.717, 1.165) is 12.1 Å². The molecule has 0 aliphatic rings. The van der Waals surface area contributed by atoms with Crippen LogP contribution >= 0.6 is 0 Å². The van der Waals surface area contributed by atoms with E-state index in [-0.39, 0.29) is 17.9 Å². The molecule has 112 valence electrons. The van der Waals surface area contributed by atoms with Crippen molar-refractivity contribution in [3.63, 3.8) is 0 Å². The molecule has 0 amide bonds. The maximum Gasteiger partial charge on any atom is 0.339 e. The van der Waals surface area contributed by atoms with Gasteiger partial charge < -0.3 is 19.1 Å². The maximum absolute atomic E-state index is 11.2. The van der Waals surface area contributed by atoms with E-state index in [1.807, 2.05) is 6.92 Å². The zero-order valence-electron chi connectivity index (χ0n) is 12.0. The summed E-state index contributed by atoms with van der Waals surface area (Å²) in [4.78, 5) is 11.2. The number of hydrogen-bond acceptors (Lipinski definition) is 5. The molecule has 0 fully saturated rings. The maximum atomic E-state index is 11.2. The summed E-state index contributed by atoms with van der Waals surface area (Å²) in [5.41, 5.74) is 0.821. The summed E-state index contributed by atoms with van der Waals surface area (Å²) in [6.07, 6.45) is 0.869. The summed E-state index contributed by atoms with van der Waals surface area (Å²) in [6.45, 7) is 4.47. The van der Waals surface area contributed by atoms with Crippen LogP contribution in [0, 0.1) is 6.92 Å². The Morgan fingerprint density at radius 2 is 2.14 bits per heavy atom. The molecule has 0 aliphatic heterocycles. The topological polar surface area (TPSA) is 81.8 Å². The number of nitrogens with zero attached hydrogens (tertiary/aromatic N) is 1. The van der Waals surface area contributed by atoms with Gasteiger partial charge in [0.1, 0.15) is 23.7 Å². The fourth-order valence-corrected chi connectivity index (χ4v) is 1.74. The fourth-order valence-electron chi connectivity index (χ4n) is 1.74. The molecule has 6 heteroatoms. The Bertz CT molecular complexity index is 620. The second-order valence-electron chi connectivity index (χ2n) is 4.53. The van der Waals surface area contributed by atoms with E-state index in [0.29, 0.717) is 18.1 Å². The van der Waals surface area contributed by atoms with Crippen molar-refractivity contribution >= 4 is 5.97 Å². The van der Waals surface area contributed by atoms with Crippen LogP contribution in [0.15, 0.2) is 28.8 Å². The molecule has 1 N–H and O–H groups in total. The van der Waals surface area contributed by atoms with Gasteiger partial charge in [-0.25, -0.2) is 4.79 Å². The van der Waals surface area contributed by atoms with E-state index in [1.54, 1.807) is 25.1 Å². The van der Waals surface area contributed by atoms with Gasteiger partial charge in [-0.05, 0) is 25.5 Å². The quantitative estimate of drug-likeness (QED) is 0.844. The first kappa shape index (κ1) is 14.9. The molecule has 1 aromatic carbocycles. The lowest BCUT2D eigenvalue weighted by atomic mass is 10.2. The molecule has 1 heterocycles. The number of aryl methyl sites for hydroxylation is 1. The van der Waals surface area contributed by atoms with Crippen LogP contribution in [0.5, 0.6) is 11.5 Å². The van der Waals surface area contributed by atoms with Crippen LogP contribution in [0.4, 0.5) is 0 Å². The molecule has 21 heavy (non-hydrogen) atoms. The van der Waals surface area contributed by atoms with Gasteiger partial charge in [0.2, 0.25) is 0 Å². The predicted octanol–water partition coefficient (Wildman–Crippen LogP) is 3.05. The summed E-state index contributed by atoms with van der Waals surface area (Å²) < 4.78 is 16.0. The zero-order valence-corrected chi connectivity index (χ0v) is 12.0. The molecule has 0 bridgehead atoms. The molecule has 0 unspecified atom stereocenters. The monoisotopic (exact) mass is 291 g/mol. The lowest BCUT2D eigenvalue weighted by molar-refractivity contribution is 0.0691. The molecule has 0 saturated heterocycles. The molecule has 0 aliphatic carbocycles. The van der Waals surface area contributed by atoms with Gasteiger partial charge in [0.05, 0.1) is 12.3 Å². The lowest BCUT2D eigenvalue weighted by Crippen LogP contribution is -2.04. The first-order chi connectivity index (χ1) is 10.1. The van der Waals surface area contributed by atoms with Crippen molar-refractivity contribution in [2.75, 3.05) is 6.61 Å². The summed E-state index contributed by atoms with van der Waals surface area (Å²) in [5.74, 6) is 0.292. The van der Waals surface area contributed by atoms with Crippen LogP contribution in [0.1, 0.15) is 35.2 Å². The number of carboxylic acid groups (broad SMARTS) is 1. The average molecular weight is 291 g/mol. The zero-order chi connectivity index (χ0) is 15.2. The molecular formula is C15H17NO5. The molecule has 6 nitrogen and oxygen atoms in total. The molecule has 0 atom stereocenters. The fraction of sp³-hybridized carbons (Fsp3) is 0.333. The number of carbonyl (C=O) groups is 1. The van der Waals surface area contributed by atoms with Crippen LogP contribution < -0.4 is 9.47 Å². The summed E-state index contributed by atoms with van der Waals surface area (Å²) in [7, 11) is 0. The third-order valence-electron chi connectivity index (χ3n) is 2.70. The SMILES string of the molecule is CCCOc1ccc(C(=O)O)c(OCc2cc(C)no2)c1. The molecule has 0 saturated carbocycles. The van der Waals surface area contributed by atoms with Gasteiger partial charge in [-0.1, -0.05) is 12.1 Å². The molecule has 2 aromatic rings. The Balaban J connectivity index is 2.15. The van der Waals surface area contributed by atoms with Crippen LogP contribution in [0.25, 0.3) is 0 Å². The van der Waals surface area contributed by atoms with Gasteiger partial charge >= 0.3 is 5.97 Å². The number of rotatable bonds is 7. The standard InChI is InChI=1S/C15H17NO5/c1-3-6-19-11-4-5-13(15(17)18)14(8-11)20-9-12-7-10(2)16-21-12/h4-5,7-8H,3,6,9H2,1-2H3,(H,17,18). The normalized spacial score (nSPS) is 10.4. The number of hydrogen-bond donors (Lipinski definition) is 1. The Morgan fingerprint density at radius 1 is 1.33 bits per heavy atom. The second kappa shape index (κ2) is 6.78. The molecule has 1 aromatic heterocycles. The first-order valence-electron chi connectivity index (χ1n) is 6.65. The third kappa shape index (κ3) is 3.98. The molecule has 2 rings (SSSR count). The van der Waals surface area contributed by atoms with Crippen molar-refractivity contribution in [2.24, 2.45) is 0 Å². The number of aromatic nitrogens is 1. The van der Waals surface area contributed by atoms with Gasteiger partial charge in [-0.3, -0.25) is 0 Å². The largest absolute Gasteiger partial charge is 0.493 e. The van der Waals surface area contributed by atoms with E-state index in [9.17, 15) is 9.90 Å². The van der Waals surface area contributed by atoms with Crippen molar-refractivity contribution < 1.29 is 23.9 Å². The highest BCUT2D eigenvalue weighted by molar-refractivity contribution is 5.91. The van der Waals surface area contributed by atoms with Crippen molar-refractivity contribution in [1.29, 1.82) is 0 Å². The van der Waals surface area contributed by atoms with Crippen molar-refractivity contribution in [3.8, 4) is 11.5 Å². The Hall–Kier alpha value is -2.50. The highest BCUT2D eigenvalue weighted by Gasteiger charge is 2.14. The van der Waals surface area contributed by atoms with Crippen LogP contribution in [0.2, 0.25) is 0 Å². The number of ether oxygens (including phenoxy) is 2. The van der Waals surface area contributed by atoms with Gasteiger partial charge in [-0.15, -0.1) is 0 Å². The van der Waals surface area contributed by atoms with E-state index in [2.05, 4.69) is 5.16 Å². The minimum atomic E-state index is -1.05. The van der Waals surface area contributed by atoms with E-state index >= 15 is 0 Å². The second-order valence-corrected chi connectivity index (χ2v) is 4.53. The van der Waals surface area contributed by atoms with Crippen LogP contribution in [-0.4, -0.2) is 22.8 Å². The summed E-state index contributed by atoms with van der Waals surface area (Å²) >= 11 is 0. The Kier molecular flexibility index (Phi) is 4.81. The van der Waals surface area contributed by atoms with Gasteiger partial charge in [0.25, 0.3) is 0 Å². The minimum Gasteiger partial charge on any atom is -0.493 e. The average Bonchev–Trinajstić information content (AvgIpc) is 2.88. The molecule has 0 spiro atoms. The van der Waals surface area contributed by atoms with E-state index in [1.165, 1.54) is 6.07 Å². The Labute approximate surface area is 122 Å². The van der Waals surface area contributed by atoms with Crippen molar-refractivity contribution in [3.05, 3.63) is 41.3 Å². The van der Waals surface area contributed by atoms with Gasteiger partial charge in [-0.2, -0.15) is 0 Å². The number of carboxylic acids is 1. The van der Waals surface area contributed by atoms with E-state index in [4.69, 9.17) is 14.0 Å². The predicted molar refractivity (Wildman–Crippen MR) is 74.8 cm³/mol. The molecular weight excluding hydrogens is 274 g/mol.